The average molecular weight is 304 g/mol. The summed E-state index contributed by atoms with van der Waals surface area (Å²) in [5.41, 5.74) is 0.622. The fourth-order valence-electron chi connectivity index (χ4n) is 2.05. The minimum atomic E-state index is -0.896. The predicted molar refractivity (Wildman–Crippen MR) is 87.1 cm³/mol. The van der Waals surface area contributed by atoms with Gasteiger partial charge in [0.05, 0.1) is 5.60 Å². The summed E-state index contributed by atoms with van der Waals surface area (Å²) >= 11 is 1.55. The molecule has 5 heteroatoms. The van der Waals surface area contributed by atoms with Crippen molar-refractivity contribution >= 4 is 17.7 Å². The van der Waals surface area contributed by atoms with E-state index in [1.54, 1.807) is 24.8 Å². The third-order valence-corrected chi connectivity index (χ3v) is 4.01. The zero-order valence-electron chi connectivity index (χ0n) is 12.2. The molecule has 4 nitrogen and oxygen atoms in total. The largest absolute Gasteiger partial charge is 0.387 e. The molecule has 0 bridgehead atoms. The highest BCUT2D eigenvalue weighted by atomic mass is 32.2. The minimum absolute atomic E-state index is 0.176. The summed E-state index contributed by atoms with van der Waals surface area (Å²) in [6, 6.07) is 11.3. The van der Waals surface area contributed by atoms with Crippen molar-refractivity contribution in [3.8, 4) is 5.69 Å². The van der Waals surface area contributed by atoms with Gasteiger partial charge in [-0.05, 0) is 43.5 Å². The molecule has 0 fully saturated rings. The first-order valence-corrected chi connectivity index (χ1v) is 8.14. The van der Waals surface area contributed by atoms with E-state index in [9.17, 15) is 9.90 Å². The van der Waals surface area contributed by atoms with Crippen LogP contribution in [0.2, 0.25) is 0 Å². The first kappa shape index (κ1) is 15.7. The second-order valence-electron chi connectivity index (χ2n) is 5.25. The molecule has 21 heavy (non-hydrogen) atoms. The molecule has 0 aliphatic rings. The average Bonchev–Trinajstić information content (AvgIpc) is 2.99. The fourth-order valence-corrected chi connectivity index (χ4v) is 2.77. The Balaban J connectivity index is 2.05. The molecule has 2 N–H and O–H groups in total. The number of hydrogen-bond acceptors (Lipinski definition) is 3. The van der Waals surface area contributed by atoms with E-state index in [2.05, 4.69) is 5.32 Å². The van der Waals surface area contributed by atoms with Crippen LogP contribution in [0.15, 0.2) is 48.8 Å². The van der Waals surface area contributed by atoms with Crippen LogP contribution in [-0.4, -0.2) is 39.7 Å². The zero-order valence-corrected chi connectivity index (χ0v) is 13.1. The summed E-state index contributed by atoms with van der Waals surface area (Å²) in [5, 5.41) is 12.9. The Bertz CT molecular complexity index is 594. The Hall–Kier alpha value is -1.72. The highest BCUT2D eigenvalue weighted by Crippen LogP contribution is 2.12. The van der Waals surface area contributed by atoms with Gasteiger partial charge in [0, 0.05) is 35.9 Å². The number of thioether (sulfide) groups is 1. The van der Waals surface area contributed by atoms with Gasteiger partial charge >= 0.3 is 0 Å². The van der Waals surface area contributed by atoms with Crippen LogP contribution in [0.1, 0.15) is 17.3 Å². The van der Waals surface area contributed by atoms with Crippen molar-refractivity contribution in [2.45, 2.75) is 12.5 Å². The number of benzene rings is 1. The van der Waals surface area contributed by atoms with Gasteiger partial charge in [-0.15, -0.1) is 0 Å². The van der Waals surface area contributed by atoms with Gasteiger partial charge in [-0.1, -0.05) is 6.07 Å². The smallest absolute Gasteiger partial charge is 0.251 e. The molecule has 0 spiro atoms. The van der Waals surface area contributed by atoms with Crippen molar-refractivity contribution in [2.75, 3.05) is 18.6 Å². The topological polar surface area (TPSA) is 54.3 Å². The van der Waals surface area contributed by atoms with Crippen molar-refractivity contribution in [2.24, 2.45) is 0 Å². The number of hydrogen-bond donors (Lipinski definition) is 2. The first-order chi connectivity index (χ1) is 10.0. The van der Waals surface area contributed by atoms with Crippen molar-refractivity contribution in [3.05, 3.63) is 54.4 Å². The highest BCUT2D eigenvalue weighted by molar-refractivity contribution is 7.98. The molecule has 0 radical (unpaired) electrons. The lowest BCUT2D eigenvalue weighted by Crippen LogP contribution is -2.42. The number of carbonyl (C=O) groups excluding carboxylic acids is 1. The van der Waals surface area contributed by atoms with E-state index in [0.29, 0.717) is 11.3 Å². The van der Waals surface area contributed by atoms with Gasteiger partial charge in [0.25, 0.3) is 5.91 Å². The van der Waals surface area contributed by atoms with Crippen LogP contribution < -0.4 is 5.32 Å². The zero-order chi connectivity index (χ0) is 15.3. The lowest BCUT2D eigenvalue weighted by atomic mass is 10.1. The number of nitrogens with one attached hydrogen (secondary N) is 1. The van der Waals surface area contributed by atoms with Crippen molar-refractivity contribution in [1.82, 2.24) is 9.88 Å². The molecule has 1 aromatic heterocycles. The van der Waals surface area contributed by atoms with Crippen LogP contribution in [0, 0.1) is 0 Å². The fraction of sp³-hybridized carbons (Fsp3) is 0.312. The Morgan fingerprint density at radius 3 is 2.71 bits per heavy atom. The SMILES string of the molecule is CSCC(C)(O)CNC(=O)c1cccc(-n2cccc2)c1. The van der Waals surface area contributed by atoms with Crippen molar-refractivity contribution < 1.29 is 9.90 Å². The van der Waals surface area contributed by atoms with Crippen LogP contribution >= 0.6 is 11.8 Å². The van der Waals surface area contributed by atoms with E-state index in [1.807, 2.05) is 53.5 Å². The van der Waals surface area contributed by atoms with Gasteiger partial charge in [0.2, 0.25) is 0 Å². The lowest BCUT2D eigenvalue weighted by molar-refractivity contribution is 0.0725. The highest BCUT2D eigenvalue weighted by Gasteiger charge is 2.20. The molecule has 1 atom stereocenters. The lowest BCUT2D eigenvalue weighted by Gasteiger charge is -2.22. The minimum Gasteiger partial charge on any atom is -0.387 e. The molecule has 112 valence electrons. The van der Waals surface area contributed by atoms with Crippen LogP contribution in [0.25, 0.3) is 5.69 Å². The van der Waals surface area contributed by atoms with E-state index in [4.69, 9.17) is 0 Å². The summed E-state index contributed by atoms with van der Waals surface area (Å²) in [6.45, 7) is 1.96. The molecule has 1 unspecified atom stereocenters. The van der Waals surface area contributed by atoms with E-state index in [-0.39, 0.29) is 12.5 Å². The number of nitrogens with zero attached hydrogens (tertiary/aromatic N) is 1. The van der Waals surface area contributed by atoms with Crippen molar-refractivity contribution in [3.63, 3.8) is 0 Å². The number of aliphatic hydroxyl groups is 1. The summed E-state index contributed by atoms with van der Waals surface area (Å²) < 4.78 is 1.95. The van der Waals surface area contributed by atoms with Crippen LogP contribution in [0.3, 0.4) is 0 Å². The maximum absolute atomic E-state index is 12.2. The van der Waals surface area contributed by atoms with Gasteiger partial charge in [-0.3, -0.25) is 4.79 Å². The molecule has 0 saturated carbocycles. The molecule has 2 aromatic rings. The Morgan fingerprint density at radius 1 is 1.33 bits per heavy atom. The summed E-state index contributed by atoms with van der Waals surface area (Å²) in [7, 11) is 0. The molecule has 0 aliphatic heterocycles. The number of amides is 1. The number of aromatic nitrogens is 1. The second kappa shape index (κ2) is 6.83. The van der Waals surface area contributed by atoms with Crippen LogP contribution in [-0.2, 0) is 0 Å². The number of carbonyl (C=O) groups is 1. The van der Waals surface area contributed by atoms with E-state index in [1.165, 1.54) is 0 Å². The summed E-state index contributed by atoms with van der Waals surface area (Å²) in [5.74, 6) is 0.404. The molecule has 1 aromatic carbocycles. The van der Waals surface area contributed by atoms with E-state index < -0.39 is 5.60 Å². The number of rotatable bonds is 6. The summed E-state index contributed by atoms with van der Waals surface area (Å²) in [4.78, 5) is 12.2. The Labute approximate surface area is 129 Å². The van der Waals surface area contributed by atoms with Crippen LogP contribution in [0.5, 0.6) is 0 Å². The van der Waals surface area contributed by atoms with Gasteiger partial charge in [-0.25, -0.2) is 0 Å². The normalized spacial score (nSPS) is 13.7. The first-order valence-electron chi connectivity index (χ1n) is 6.75. The third-order valence-electron chi connectivity index (χ3n) is 3.10. The van der Waals surface area contributed by atoms with Gasteiger partial charge in [-0.2, -0.15) is 11.8 Å². The summed E-state index contributed by atoms with van der Waals surface area (Å²) in [6.07, 6.45) is 5.79. The van der Waals surface area contributed by atoms with Crippen molar-refractivity contribution in [1.29, 1.82) is 0 Å². The van der Waals surface area contributed by atoms with Crippen LogP contribution in [0.4, 0.5) is 0 Å². The third kappa shape index (κ3) is 4.37. The molecule has 1 amide bonds. The molecule has 0 aliphatic carbocycles. The molecule has 0 saturated heterocycles. The molecular formula is C16H20N2O2S. The predicted octanol–water partition coefficient (Wildman–Crippen LogP) is 2.32. The van der Waals surface area contributed by atoms with E-state index in [0.717, 1.165) is 5.69 Å². The quantitative estimate of drug-likeness (QED) is 0.861. The molecule has 2 rings (SSSR count). The Morgan fingerprint density at radius 2 is 2.05 bits per heavy atom. The second-order valence-corrected chi connectivity index (χ2v) is 6.12. The maximum atomic E-state index is 12.2. The monoisotopic (exact) mass is 304 g/mol. The maximum Gasteiger partial charge on any atom is 0.251 e. The van der Waals surface area contributed by atoms with Gasteiger partial charge in [0.1, 0.15) is 0 Å². The van der Waals surface area contributed by atoms with Gasteiger partial charge in [0.15, 0.2) is 0 Å². The Kier molecular flexibility index (Phi) is 5.09. The molecule has 1 heterocycles. The standard InChI is InChI=1S/C16H20N2O2S/c1-16(20,12-21-2)11-17-15(19)13-6-5-7-14(10-13)18-8-3-4-9-18/h3-10,20H,11-12H2,1-2H3,(H,17,19). The molecular weight excluding hydrogens is 284 g/mol. The van der Waals surface area contributed by atoms with Gasteiger partial charge < -0.3 is 15.0 Å². The van der Waals surface area contributed by atoms with E-state index >= 15 is 0 Å².